The lowest BCUT2D eigenvalue weighted by Crippen LogP contribution is -2.54. The van der Waals surface area contributed by atoms with Crippen molar-refractivity contribution in [3.63, 3.8) is 0 Å². The van der Waals surface area contributed by atoms with Crippen LogP contribution in [0.5, 0.6) is 0 Å². The molecule has 3 aliphatic rings. The number of aliphatic hydroxyl groups is 2. The van der Waals surface area contributed by atoms with Gasteiger partial charge in [0.25, 0.3) is 11.8 Å². The number of carbonyl (C=O) groups is 3. The zero-order valence-electron chi connectivity index (χ0n) is 15.5. The minimum absolute atomic E-state index is 0.299. The zero-order chi connectivity index (χ0) is 20.4. The maximum absolute atomic E-state index is 13.5. The summed E-state index contributed by atoms with van der Waals surface area (Å²) >= 11 is 0. The zero-order valence-corrected chi connectivity index (χ0v) is 15.5. The van der Waals surface area contributed by atoms with Crippen LogP contribution in [0.2, 0.25) is 0 Å². The first-order valence-corrected chi connectivity index (χ1v) is 9.69. The molecular weight excluding hydrogens is 372 g/mol. The summed E-state index contributed by atoms with van der Waals surface area (Å²) in [4.78, 5) is 39.0. The number of carbonyl (C=O) groups excluding carboxylic acids is 3. The van der Waals surface area contributed by atoms with Crippen molar-refractivity contribution >= 4 is 29.0 Å². The van der Waals surface area contributed by atoms with E-state index in [2.05, 4.69) is 10.6 Å². The molecule has 29 heavy (non-hydrogen) atoms. The maximum atomic E-state index is 13.5. The van der Waals surface area contributed by atoms with Gasteiger partial charge in [-0.3, -0.25) is 14.4 Å². The summed E-state index contributed by atoms with van der Waals surface area (Å²) < 4.78 is 0. The lowest BCUT2D eigenvalue weighted by atomic mass is 9.64. The monoisotopic (exact) mass is 392 g/mol. The standard InChI is InChI=1S/C22H20N2O5/c25-18-14(21(28)12-6-1-3-10-16(12)23-19(21)26)8-5-9-15(18)22(29)13-7-2-4-11-17(13)24-20(22)27/h1-4,6-7,10-11,14-15,28-29H,5,8-9H2,(H,23,26)(H,24,27). The van der Waals surface area contributed by atoms with Crippen molar-refractivity contribution in [2.45, 2.75) is 30.5 Å². The van der Waals surface area contributed by atoms with Crippen LogP contribution in [-0.4, -0.2) is 27.8 Å². The third-order valence-electron chi connectivity index (χ3n) is 6.55. The topological polar surface area (TPSA) is 116 Å². The number of para-hydroxylation sites is 2. The molecule has 2 aromatic rings. The first-order chi connectivity index (χ1) is 13.9. The fraction of sp³-hybridized carbons (Fsp3) is 0.318. The van der Waals surface area contributed by atoms with Gasteiger partial charge < -0.3 is 20.8 Å². The van der Waals surface area contributed by atoms with Crippen LogP contribution in [0.1, 0.15) is 30.4 Å². The highest BCUT2D eigenvalue weighted by Crippen LogP contribution is 2.51. The molecule has 4 N–H and O–H groups in total. The quantitative estimate of drug-likeness (QED) is 0.620. The van der Waals surface area contributed by atoms with E-state index in [1.165, 1.54) is 0 Å². The Morgan fingerprint density at radius 3 is 1.59 bits per heavy atom. The SMILES string of the molecule is O=C1C(C2(O)C(=O)Nc3ccccc32)CCCC1C1(O)C(=O)Nc2ccccc21. The first-order valence-electron chi connectivity index (χ1n) is 9.69. The second-order valence-electron chi connectivity index (χ2n) is 7.97. The number of hydrogen-bond acceptors (Lipinski definition) is 5. The summed E-state index contributed by atoms with van der Waals surface area (Å²) in [6.45, 7) is 0. The van der Waals surface area contributed by atoms with E-state index in [1.54, 1.807) is 48.5 Å². The molecule has 148 valence electrons. The highest BCUT2D eigenvalue weighted by Gasteiger charge is 2.61. The van der Waals surface area contributed by atoms with Crippen molar-refractivity contribution in [1.29, 1.82) is 0 Å². The first kappa shape index (κ1) is 18.0. The number of benzene rings is 2. The van der Waals surface area contributed by atoms with E-state index in [4.69, 9.17) is 0 Å². The summed E-state index contributed by atoms with van der Waals surface area (Å²) in [6, 6.07) is 13.4. The summed E-state index contributed by atoms with van der Waals surface area (Å²) in [7, 11) is 0. The Morgan fingerprint density at radius 1 is 0.724 bits per heavy atom. The Morgan fingerprint density at radius 2 is 1.14 bits per heavy atom. The van der Waals surface area contributed by atoms with Gasteiger partial charge in [-0.1, -0.05) is 42.8 Å². The minimum atomic E-state index is -2.02. The second kappa shape index (κ2) is 5.98. The molecule has 0 saturated heterocycles. The van der Waals surface area contributed by atoms with Gasteiger partial charge in [0.15, 0.2) is 11.2 Å². The van der Waals surface area contributed by atoms with Crippen LogP contribution in [0.25, 0.3) is 0 Å². The molecule has 0 bridgehead atoms. The van der Waals surface area contributed by atoms with Crippen LogP contribution in [0.4, 0.5) is 11.4 Å². The molecular formula is C22H20N2O5. The molecule has 2 aliphatic heterocycles. The average Bonchev–Trinajstić information content (AvgIpc) is 3.14. The molecule has 7 nitrogen and oxygen atoms in total. The van der Waals surface area contributed by atoms with Gasteiger partial charge in [0.1, 0.15) is 5.78 Å². The minimum Gasteiger partial charge on any atom is -0.375 e. The normalized spacial score (nSPS) is 33.1. The molecule has 1 aliphatic carbocycles. The Hall–Kier alpha value is -3.03. The number of anilines is 2. The van der Waals surface area contributed by atoms with E-state index in [0.717, 1.165) is 0 Å². The number of hydrogen-bond donors (Lipinski definition) is 4. The summed E-state index contributed by atoms with van der Waals surface area (Å²) in [5.74, 6) is -3.87. The molecule has 0 radical (unpaired) electrons. The van der Waals surface area contributed by atoms with Crippen molar-refractivity contribution < 1.29 is 24.6 Å². The summed E-state index contributed by atoms with van der Waals surface area (Å²) in [5, 5.41) is 28.1. The average molecular weight is 392 g/mol. The molecule has 4 atom stereocenters. The maximum Gasteiger partial charge on any atom is 0.261 e. The number of amides is 2. The summed E-state index contributed by atoms with van der Waals surface area (Å²) in [5.41, 5.74) is -2.39. The summed E-state index contributed by atoms with van der Waals surface area (Å²) in [6.07, 6.45) is 1.09. The van der Waals surface area contributed by atoms with E-state index < -0.39 is 40.6 Å². The smallest absolute Gasteiger partial charge is 0.261 e. The van der Waals surface area contributed by atoms with Crippen LogP contribution in [-0.2, 0) is 25.6 Å². The third kappa shape index (κ3) is 2.22. The van der Waals surface area contributed by atoms with Crippen LogP contribution in [0.15, 0.2) is 48.5 Å². The van der Waals surface area contributed by atoms with Crippen molar-refractivity contribution in [3.05, 3.63) is 59.7 Å². The molecule has 1 saturated carbocycles. The fourth-order valence-electron chi connectivity index (χ4n) is 5.10. The van der Waals surface area contributed by atoms with Gasteiger partial charge in [-0.15, -0.1) is 0 Å². The van der Waals surface area contributed by atoms with Crippen LogP contribution >= 0.6 is 0 Å². The van der Waals surface area contributed by atoms with E-state index in [-0.39, 0.29) is 0 Å². The number of fused-ring (bicyclic) bond motifs is 2. The Bertz CT molecular complexity index is 985. The van der Waals surface area contributed by atoms with Gasteiger partial charge in [0.2, 0.25) is 0 Å². The van der Waals surface area contributed by atoms with E-state index in [1.807, 2.05) is 0 Å². The van der Waals surface area contributed by atoms with Crippen LogP contribution < -0.4 is 10.6 Å². The fourth-order valence-corrected chi connectivity index (χ4v) is 5.10. The lowest BCUT2D eigenvalue weighted by molar-refractivity contribution is -0.164. The lowest BCUT2D eigenvalue weighted by Gasteiger charge is -2.40. The van der Waals surface area contributed by atoms with Crippen molar-refractivity contribution in [2.75, 3.05) is 10.6 Å². The molecule has 7 heteroatoms. The Kier molecular flexibility index (Phi) is 3.72. The third-order valence-corrected chi connectivity index (χ3v) is 6.55. The number of ketones is 1. The number of rotatable bonds is 2. The molecule has 0 aromatic heterocycles. The van der Waals surface area contributed by atoms with Crippen LogP contribution in [0, 0.1) is 11.8 Å². The molecule has 2 heterocycles. The van der Waals surface area contributed by atoms with Gasteiger partial charge in [0, 0.05) is 22.5 Å². The van der Waals surface area contributed by atoms with Crippen molar-refractivity contribution in [1.82, 2.24) is 0 Å². The molecule has 2 aromatic carbocycles. The van der Waals surface area contributed by atoms with Gasteiger partial charge in [-0.05, 0) is 25.0 Å². The number of Topliss-reactive ketones (excluding diaryl/α,β-unsaturated/α-hetero) is 1. The van der Waals surface area contributed by atoms with E-state index in [9.17, 15) is 24.6 Å². The highest BCUT2D eigenvalue weighted by molar-refractivity contribution is 6.11. The predicted molar refractivity (Wildman–Crippen MR) is 104 cm³/mol. The van der Waals surface area contributed by atoms with Gasteiger partial charge in [-0.25, -0.2) is 0 Å². The van der Waals surface area contributed by atoms with E-state index in [0.29, 0.717) is 41.8 Å². The van der Waals surface area contributed by atoms with Crippen molar-refractivity contribution in [2.24, 2.45) is 11.8 Å². The largest absolute Gasteiger partial charge is 0.375 e. The molecule has 5 rings (SSSR count). The molecule has 0 spiro atoms. The predicted octanol–water partition coefficient (Wildman–Crippen LogP) is 1.65. The Balaban J connectivity index is 1.58. The van der Waals surface area contributed by atoms with Crippen molar-refractivity contribution in [3.8, 4) is 0 Å². The van der Waals surface area contributed by atoms with Crippen LogP contribution in [0.3, 0.4) is 0 Å². The Labute approximate surface area is 166 Å². The second-order valence-corrected chi connectivity index (χ2v) is 7.97. The molecule has 2 amide bonds. The van der Waals surface area contributed by atoms with Gasteiger partial charge >= 0.3 is 0 Å². The number of nitrogens with one attached hydrogen (secondary N) is 2. The van der Waals surface area contributed by atoms with Gasteiger partial charge in [0.05, 0.1) is 11.8 Å². The van der Waals surface area contributed by atoms with Gasteiger partial charge in [-0.2, -0.15) is 0 Å². The molecule has 1 fully saturated rings. The molecule has 4 unspecified atom stereocenters. The highest BCUT2D eigenvalue weighted by atomic mass is 16.3. The van der Waals surface area contributed by atoms with E-state index >= 15 is 0 Å².